The van der Waals surface area contributed by atoms with E-state index in [0.29, 0.717) is 5.15 Å². The van der Waals surface area contributed by atoms with E-state index in [4.69, 9.17) is 11.6 Å². The average Bonchev–Trinajstić information content (AvgIpc) is 2.72. The van der Waals surface area contributed by atoms with E-state index in [-0.39, 0.29) is 0 Å². The summed E-state index contributed by atoms with van der Waals surface area (Å²) < 4.78 is 1.74. The molecule has 0 aliphatic carbocycles. The highest BCUT2D eigenvalue weighted by Gasteiger charge is 2.05. The van der Waals surface area contributed by atoms with Crippen LogP contribution in [0, 0.1) is 0 Å². The Labute approximate surface area is 96.5 Å². The Morgan fingerprint density at radius 1 is 1.12 bits per heavy atom. The van der Waals surface area contributed by atoms with Crippen LogP contribution in [0.3, 0.4) is 0 Å². The summed E-state index contributed by atoms with van der Waals surface area (Å²) in [6.45, 7) is 0. The standard InChI is InChI=1S/C11H7ClN4/c12-11-7-8(5-6-13-11)16-10-4-2-1-3-9(10)14-15-16/h1-7H. The molecule has 3 rings (SSSR count). The zero-order valence-corrected chi connectivity index (χ0v) is 8.96. The van der Waals surface area contributed by atoms with Crippen LogP contribution in [-0.2, 0) is 0 Å². The molecule has 0 unspecified atom stereocenters. The Kier molecular flexibility index (Phi) is 2.08. The van der Waals surface area contributed by atoms with E-state index in [1.165, 1.54) is 0 Å². The van der Waals surface area contributed by atoms with E-state index in [1.807, 2.05) is 30.3 Å². The van der Waals surface area contributed by atoms with Crippen LogP contribution in [0.15, 0.2) is 42.6 Å². The molecule has 3 aromatic rings. The molecule has 0 radical (unpaired) electrons. The Morgan fingerprint density at radius 3 is 2.88 bits per heavy atom. The van der Waals surface area contributed by atoms with Gasteiger partial charge < -0.3 is 0 Å². The maximum Gasteiger partial charge on any atom is 0.131 e. The quantitative estimate of drug-likeness (QED) is 0.603. The molecular weight excluding hydrogens is 224 g/mol. The molecule has 0 amide bonds. The topological polar surface area (TPSA) is 43.6 Å². The Hall–Kier alpha value is -1.94. The molecule has 0 saturated carbocycles. The van der Waals surface area contributed by atoms with Crippen molar-refractivity contribution >= 4 is 22.6 Å². The fourth-order valence-corrected chi connectivity index (χ4v) is 1.75. The summed E-state index contributed by atoms with van der Waals surface area (Å²) in [6.07, 6.45) is 1.65. The maximum absolute atomic E-state index is 5.84. The first-order valence-corrected chi connectivity index (χ1v) is 5.15. The second-order valence-corrected chi connectivity index (χ2v) is 3.71. The predicted octanol–water partition coefficient (Wildman–Crippen LogP) is 2.47. The highest BCUT2D eigenvalue weighted by atomic mass is 35.5. The van der Waals surface area contributed by atoms with Gasteiger partial charge in [0.05, 0.1) is 11.2 Å². The van der Waals surface area contributed by atoms with Gasteiger partial charge in [0, 0.05) is 12.3 Å². The Bertz CT molecular complexity index is 647. The summed E-state index contributed by atoms with van der Waals surface area (Å²) in [5.74, 6) is 0. The first kappa shape index (κ1) is 9.30. The van der Waals surface area contributed by atoms with Crippen LogP contribution in [0.1, 0.15) is 0 Å². The van der Waals surface area contributed by atoms with E-state index in [1.54, 1.807) is 16.9 Å². The van der Waals surface area contributed by atoms with Gasteiger partial charge in [-0.25, -0.2) is 9.67 Å². The first-order valence-electron chi connectivity index (χ1n) is 4.77. The minimum Gasteiger partial charge on any atom is -0.244 e. The van der Waals surface area contributed by atoms with Crippen molar-refractivity contribution < 1.29 is 0 Å². The highest BCUT2D eigenvalue weighted by molar-refractivity contribution is 6.29. The molecular formula is C11H7ClN4. The van der Waals surface area contributed by atoms with Crippen molar-refractivity contribution in [1.82, 2.24) is 20.0 Å². The van der Waals surface area contributed by atoms with Gasteiger partial charge in [-0.05, 0) is 18.2 Å². The molecule has 0 N–H and O–H groups in total. The van der Waals surface area contributed by atoms with Gasteiger partial charge in [0.2, 0.25) is 0 Å². The SMILES string of the molecule is Clc1cc(-n2nnc3ccccc32)ccn1. The maximum atomic E-state index is 5.84. The number of pyridine rings is 1. The lowest BCUT2D eigenvalue weighted by Crippen LogP contribution is -1.96. The molecule has 0 atom stereocenters. The lowest BCUT2D eigenvalue weighted by atomic mass is 10.3. The van der Waals surface area contributed by atoms with Crippen LogP contribution in [-0.4, -0.2) is 20.0 Å². The van der Waals surface area contributed by atoms with Crippen LogP contribution >= 0.6 is 11.6 Å². The molecule has 0 aliphatic heterocycles. The third-order valence-electron chi connectivity index (χ3n) is 2.31. The Balaban J connectivity index is 2.26. The van der Waals surface area contributed by atoms with E-state index < -0.39 is 0 Å². The molecule has 78 valence electrons. The fraction of sp³-hybridized carbons (Fsp3) is 0. The van der Waals surface area contributed by atoms with Crippen LogP contribution < -0.4 is 0 Å². The van der Waals surface area contributed by atoms with E-state index in [9.17, 15) is 0 Å². The van der Waals surface area contributed by atoms with Crippen LogP contribution in [0.4, 0.5) is 0 Å². The van der Waals surface area contributed by atoms with Crippen LogP contribution in [0.2, 0.25) is 5.15 Å². The van der Waals surface area contributed by atoms with Crippen molar-refractivity contribution in [2.75, 3.05) is 0 Å². The summed E-state index contributed by atoms with van der Waals surface area (Å²) in [5, 5.41) is 8.60. The molecule has 2 aromatic heterocycles. The number of hydrogen-bond donors (Lipinski definition) is 0. The minimum atomic E-state index is 0.442. The Morgan fingerprint density at radius 2 is 2.00 bits per heavy atom. The first-order chi connectivity index (χ1) is 7.84. The van der Waals surface area contributed by atoms with Gasteiger partial charge in [0.25, 0.3) is 0 Å². The van der Waals surface area contributed by atoms with Crippen LogP contribution in [0.5, 0.6) is 0 Å². The fourth-order valence-electron chi connectivity index (χ4n) is 1.58. The molecule has 0 spiro atoms. The lowest BCUT2D eigenvalue weighted by Gasteiger charge is -2.01. The van der Waals surface area contributed by atoms with Crippen molar-refractivity contribution in [2.24, 2.45) is 0 Å². The molecule has 5 heteroatoms. The van der Waals surface area contributed by atoms with Gasteiger partial charge in [-0.1, -0.05) is 28.9 Å². The van der Waals surface area contributed by atoms with Gasteiger partial charge >= 0.3 is 0 Å². The van der Waals surface area contributed by atoms with Crippen molar-refractivity contribution in [1.29, 1.82) is 0 Å². The van der Waals surface area contributed by atoms with Gasteiger partial charge in [0.1, 0.15) is 10.7 Å². The number of fused-ring (bicyclic) bond motifs is 1. The van der Waals surface area contributed by atoms with Crippen molar-refractivity contribution in [3.05, 3.63) is 47.7 Å². The third-order valence-corrected chi connectivity index (χ3v) is 2.51. The lowest BCUT2D eigenvalue weighted by molar-refractivity contribution is 0.822. The van der Waals surface area contributed by atoms with E-state index >= 15 is 0 Å². The number of hydrogen-bond acceptors (Lipinski definition) is 3. The van der Waals surface area contributed by atoms with Crippen molar-refractivity contribution in [3.63, 3.8) is 0 Å². The third kappa shape index (κ3) is 1.44. The summed E-state index contributed by atoms with van der Waals surface area (Å²) in [5.41, 5.74) is 2.66. The minimum absolute atomic E-state index is 0.442. The summed E-state index contributed by atoms with van der Waals surface area (Å²) >= 11 is 5.84. The second kappa shape index (κ2) is 3.57. The number of rotatable bonds is 1. The number of halogens is 1. The number of benzene rings is 1. The zero-order valence-electron chi connectivity index (χ0n) is 8.21. The van der Waals surface area contributed by atoms with Gasteiger partial charge in [-0.2, -0.15) is 0 Å². The van der Waals surface area contributed by atoms with Gasteiger partial charge in [-0.3, -0.25) is 0 Å². The molecule has 1 aromatic carbocycles. The summed E-state index contributed by atoms with van der Waals surface area (Å²) in [7, 11) is 0. The van der Waals surface area contributed by atoms with E-state index in [0.717, 1.165) is 16.7 Å². The van der Waals surface area contributed by atoms with Crippen molar-refractivity contribution in [2.45, 2.75) is 0 Å². The van der Waals surface area contributed by atoms with Gasteiger partial charge in [0.15, 0.2) is 0 Å². The molecule has 0 saturated heterocycles. The molecule has 16 heavy (non-hydrogen) atoms. The summed E-state index contributed by atoms with van der Waals surface area (Å²) in [6, 6.07) is 11.4. The second-order valence-electron chi connectivity index (χ2n) is 3.33. The largest absolute Gasteiger partial charge is 0.244 e. The van der Waals surface area contributed by atoms with Crippen molar-refractivity contribution in [3.8, 4) is 5.69 Å². The zero-order chi connectivity index (χ0) is 11.0. The van der Waals surface area contributed by atoms with Gasteiger partial charge in [-0.15, -0.1) is 5.10 Å². The normalized spacial score (nSPS) is 10.8. The summed E-state index contributed by atoms with van der Waals surface area (Å²) in [4.78, 5) is 3.93. The smallest absolute Gasteiger partial charge is 0.131 e. The number of para-hydroxylation sites is 1. The molecule has 0 fully saturated rings. The molecule has 4 nitrogen and oxygen atoms in total. The average molecular weight is 231 g/mol. The van der Waals surface area contributed by atoms with Crippen LogP contribution in [0.25, 0.3) is 16.7 Å². The van der Waals surface area contributed by atoms with E-state index in [2.05, 4.69) is 15.3 Å². The monoisotopic (exact) mass is 230 g/mol. The molecule has 2 heterocycles. The highest BCUT2D eigenvalue weighted by Crippen LogP contribution is 2.17. The molecule has 0 bridgehead atoms. The number of nitrogens with zero attached hydrogens (tertiary/aromatic N) is 4. The number of aromatic nitrogens is 4. The molecule has 0 aliphatic rings. The predicted molar refractivity (Wildman–Crippen MR) is 61.7 cm³/mol.